The third-order valence-electron chi connectivity index (χ3n) is 5.33. The molecule has 0 bridgehead atoms. The van der Waals surface area contributed by atoms with Gasteiger partial charge in [0.25, 0.3) is 11.8 Å². The zero-order valence-electron chi connectivity index (χ0n) is 17.1. The van der Waals surface area contributed by atoms with Crippen LogP contribution >= 0.6 is 11.3 Å². The number of para-hydroxylation sites is 1. The van der Waals surface area contributed by atoms with E-state index in [-0.39, 0.29) is 11.8 Å². The molecule has 0 atom stereocenters. The highest BCUT2D eigenvalue weighted by Gasteiger charge is 2.26. The number of nitrogens with one attached hydrogen (secondary N) is 2. The van der Waals surface area contributed by atoms with Gasteiger partial charge in [0.1, 0.15) is 0 Å². The van der Waals surface area contributed by atoms with Gasteiger partial charge in [-0.3, -0.25) is 14.6 Å². The Balaban J connectivity index is 1.50. The van der Waals surface area contributed by atoms with Crippen molar-refractivity contribution in [3.05, 3.63) is 106 Å². The summed E-state index contributed by atoms with van der Waals surface area (Å²) in [6, 6.07) is 23.1. The second-order valence-electron chi connectivity index (χ2n) is 7.43. The van der Waals surface area contributed by atoms with Gasteiger partial charge >= 0.3 is 0 Å². The van der Waals surface area contributed by atoms with Gasteiger partial charge in [-0.1, -0.05) is 42.5 Å². The highest BCUT2D eigenvalue weighted by atomic mass is 32.1. The number of benzene rings is 3. The average molecular weight is 441 g/mol. The molecule has 2 heterocycles. The van der Waals surface area contributed by atoms with Crippen molar-refractivity contribution in [1.29, 1.82) is 0 Å². The quantitative estimate of drug-likeness (QED) is 0.459. The highest BCUT2D eigenvalue weighted by molar-refractivity contribution is 7.09. The fourth-order valence-corrected chi connectivity index (χ4v) is 4.30. The summed E-state index contributed by atoms with van der Waals surface area (Å²) < 4.78 is 0. The van der Waals surface area contributed by atoms with Crippen LogP contribution < -0.4 is 15.5 Å². The van der Waals surface area contributed by atoms with E-state index in [2.05, 4.69) is 32.7 Å². The van der Waals surface area contributed by atoms with Crippen molar-refractivity contribution in [2.75, 3.05) is 10.2 Å². The minimum atomic E-state index is -0.202. The monoisotopic (exact) mass is 440 g/mol. The molecular weight excluding hydrogens is 420 g/mol. The fourth-order valence-electron chi connectivity index (χ4n) is 3.77. The maximum Gasteiger partial charge on any atom is 0.257 e. The third kappa shape index (κ3) is 3.98. The van der Waals surface area contributed by atoms with E-state index in [0.29, 0.717) is 29.9 Å². The van der Waals surface area contributed by atoms with Crippen molar-refractivity contribution in [3.63, 3.8) is 0 Å². The van der Waals surface area contributed by atoms with Crippen LogP contribution in [0.15, 0.2) is 84.5 Å². The summed E-state index contributed by atoms with van der Waals surface area (Å²) in [5.41, 5.74) is 6.20. The van der Waals surface area contributed by atoms with Crippen LogP contribution in [0.1, 0.15) is 31.2 Å². The number of carbonyl (C=O) groups is 2. The molecule has 0 radical (unpaired) electrons. The Hall–Kier alpha value is -3.97. The number of nitrogens with zero attached hydrogens (tertiary/aromatic N) is 2. The molecule has 1 aliphatic rings. The maximum atomic E-state index is 13.0. The molecule has 2 N–H and O–H groups in total. The molecule has 158 valence electrons. The lowest BCUT2D eigenvalue weighted by Crippen LogP contribution is -2.23. The van der Waals surface area contributed by atoms with Crippen molar-refractivity contribution in [2.24, 2.45) is 0 Å². The number of thiazole rings is 1. The molecule has 32 heavy (non-hydrogen) atoms. The van der Waals surface area contributed by atoms with E-state index in [1.807, 2.05) is 48.5 Å². The molecule has 7 heteroatoms. The number of fused-ring (bicyclic) bond motifs is 2. The van der Waals surface area contributed by atoms with Crippen LogP contribution in [0, 0.1) is 0 Å². The Morgan fingerprint density at radius 3 is 2.62 bits per heavy atom. The SMILES string of the molecule is O=C(NCc1cncs1)c1ccc2c(c1)NC(=O)c1ccccc1N2Cc1ccccc1. The first-order valence-electron chi connectivity index (χ1n) is 10.2. The van der Waals surface area contributed by atoms with E-state index in [4.69, 9.17) is 0 Å². The maximum absolute atomic E-state index is 13.0. The summed E-state index contributed by atoms with van der Waals surface area (Å²) >= 11 is 1.49. The van der Waals surface area contributed by atoms with Gasteiger partial charge in [0.15, 0.2) is 0 Å². The van der Waals surface area contributed by atoms with Crippen LogP contribution in [-0.4, -0.2) is 16.8 Å². The highest BCUT2D eigenvalue weighted by Crippen LogP contribution is 2.39. The molecule has 5 rings (SSSR count). The zero-order valence-corrected chi connectivity index (χ0v) is 17.9. The summed E-state index contributed by atoms with van der Waals surface area (Å²) in [6.45, 7) is 1.01. The van der Waals surface area contributed by atoms with Crippen molar-refractivity contribution in [1.82, 2.24) is 10.3 Å². The molecule has 0 spiro atoms. The van der Waals surface area contributed by atoms with Crippen LogP contribution in [0.2, 0.25) is 0 Å². The van der Waals surface area contributed by atoms with Gasteiger partial charge < -0.3 is 15.5 Å². The number of aromatic nitrogens is 1. The predicted molar refractivity (Wildman–Crippen MR) is 126 cm³/mol. The molecule has 0 saturated carbocycles. The van der Waals surface area contributed by atoms with E-state index in [1.165, 1.54) is 11.3 Å². The van der Waals surface area contributed by atoms with Crippen LogP contribution in [0.5, 0.6) is 0 Å². The first-order chi connectivity index (χ1) is 15.7. The molecule has 1 aliphatic heterocycles. The smallest absolute Gasteiger partial charge is 0.257 e. The fraction of sp³-hybridized carbons (Fsp3) is 0.0800. The molecule has 0 fully saturated rings. The van der Waals surface area contributed by atoms with Crippen LogP contribution in [-0.2, 0) is 13.1 Å². The summed E-state index contributed by atoms with van der Waals surface area (Å²) in [4.78, 5) is 32.8. The predicted octanol–water partition coefficient (Wildman–Crippen LogP) is 4.98. The van der Waals surface area contributed by atoms with Gasteiger partial charge in [0.05, 0.1) is 34.7 Å². The molecule has 3 aromatic carbocycles. The largest absolute Gasteiger partial charge is 0.347 e. The minimum absolute atomic E-state index is 0.195. The Morgan fingerprint density at radius 2 is 1.81 bits per heavy atom. The number of carbonyl (C=O) groups excluding carboxylic acids is 2. The lowest BCUT2D eigenvalue weighted by atomic mass is 10.1. The first kappa shape index (κ1) is 20.0. The van der Waals surface area contributed by atoms with E-state index in [9.17, 15) is 9.59 Å². The normalized spacial score (nSPS) is 12.4. The number of anilines is 3. The lowest BCUT2D eigenvalue weighted by Gasteiger charge is -2.26. The molecule has 0 saturated heterocycles. The van der Waals surface area contributed by atoms with Crippen LogP contribution in [0.3, 0.4) is 0 Å². The first-order valence-corrected chi connectivity index (χ1v) is 11.1. The molecule has 2 amide bonds. The van der Waals surface area contributed by atoms with Gasteiger partial charge in [-0.25, -0.2) is 0 Å². The second-order valence-corrected chi connectivity index (χ2v) is 8.40. The topological polar surface area (TPSA) is 74.3 Å². The van der Waals surface area contributed by atoms with Crippen LogP contribution in [0.4, 0.5) is 17.1 Å². The molecular formula is C25H20N4O2S. The lowest BCUT2D eigenvalue weighted by molar-refractivity contribution is 0.0950. The van der Waals surface area contributed by atoms with Gasteiger partial charge in [0.2, 0.25) is 0 Å². The number of hydrogen-bond acceptors (Lipinski definition) is 5. The average Bonchev–Trinajstić information content (AvgIpc) is 3.32. The van der Waals surface area contributed by atoms with Gasteiger partial charge in [0, 0.05) is 23.2 Å². The van der Waals surface area contributed by atoms with Crippen LogP contribution in [0.25, 0.3) is 0 Å². The Kier molecular flexibility index (Phi) is 5.39. The Labute approximate surface area is 189 Å². The summed E-state index contributed by atoms with van der Waals surface area (Å²) in [7, 11) is 0. The third-order valence-corrected chi connectivity index (χ3v) is 6.11. The number of hydrogen-bond donors (Lipinski definition) is 2. The molecule has 0 aliphatic carbocycles. The molecule has 0 unspecified atom stereocenters. The van der Waals surface area contributed by atoms with Gasteiger partial charge in [-0.05, 0) is 35.9 Å². The van der Waals surface area contributed by atoms with Gasteiger partial charge in [-0.2, -0.15) is 0 Å². The summed E-state index contributed by atoms with van der Waals surface area (Å²) in [6.07, 6.45) is 1.74. The number of amides is 2. The number of rotatable bonds is 5. The summed E-state index contributed by atoms with van der Waals surface area (Å²) in [5.74, 6) is -0.397. The summed E-state index contributed by atoms with van der Waals surface area (Å²) in [5, 5.41) is 5.90. The zero-order chi connectivity index (χ0) is 21.9. The standard InChI is InChI=1S/C25H20N4O2S/c30-24(27-14-19-13-26-16-32-19)18-10-11-23-21(12-18)28-25(31)20-8-4-5-9-22(20)29(23)15-17-6-2-1-3-7-17/h1-13,16H,14-15H2,(H,27,30)(H,28,31). The minimum Gasteiger partial charge on any atom is -0.347 e. The van der Waals surface area contributed by atoms with Crippen molar-refractivity contribution >= 4 is 40.2 Å². The molecule has 1 aromatic heterocycles. The molecule has 6 nitrogen and oxygen atoms in total. The van der Waals surface area contributed by atoms with Gasteiger partial charge in [-0.15, -0.1) is 11.3 Å². The van der Waals surface area contributed by atoms with E-state index in [1.54, 1.807) is 23.8 Å². The van der Waals surface area contributed by atoms with E-state index >= 15 is 0 Å². The Bertz CT molecular complexity index is 1270. The second kappa shape index (κ2) is 8.64. The van der Waals surface area contributed by atoms with Crippen molar-refractivity contribution in [2.45, 2.75) is 13.1 Å². The molecule has 4 aromatic rings. The van der Waals surface area contributed by atoms with E-state index < -0.39 is 0 Å². The van der Waals surface area contributed by atoms with Crippen molar-refractivity contribution in [3.8, 4) is 0 Å². The van der Waals surface area contributed by atoms with E-state index in [0.717, 1.165) is 21.8 Å². The van der Waals surface area contributed by atoms with Crippen molar-refractivity contribution < 1.29 is 9.59 Å². The Morgan fingerprint density at radius 1 is 1.00 bits per heavy atom.